The van der Waals surface area contributed by atoms with Gasteiger partial charge in [-0.3, -0.25) is 4.79 Å². The van der Waals surface area contributed by atoms with Crippen molar-refractivity contribution in [2.24, 2.45) is 5.92 Å². The number of halogens is 2. The summed E-state index contributed by atoms with van der Waals surface area (Å²) in [6.45, 7) is 0.769. The first-order valence-corrected chi connectivity index (χ1v) is 6.61. The molecule has 1 aliphatic rings. The molecular weight excluding hydrogens is 266 g/mol. The molecule has 1 aliphatic heterocycles. The maximum absolute atomic E-state index is 12.3. The summed E-state index contributed by atoms with van der Waals surface area (Å²) in [5.41, 5.74) is 0.131. The Labute approximate surface area is 116 Å². The Kier molecular flexibility index (Phi) is 4.89. The third-order valence-electron chi connectivity index (χ3n) is 3.25. The van der Waals surface area contributed by atoms with E-state index < -0.39 is 6.61 Å². The van der Waals surface area contributed by atoms with E-state index in [9.17, 15) is 13.6 Å². The molecule has 2 rings (SSSR count). The van der Waals surface area contributed by atoms with Gasteiger partial charge in [-0.25, -0.2) is 0 Å². The van der Waals surface area contributed by atoms with Crippen molar-refractivity contribution >= 4 is 5.91 Å². The standard InChI is InChI=1S/C14H18F2N2O2/c1-9-6-10(8-17-7-9)18-13(19)11-4-2-3-5-12(11)20-14(15)16/h2-5,9-10,14,17H,6-8H2,1H3,(H,18,19). The van der Waals surface area contributed by atoms with Gasteiger partial charge in [0.25, 0.3) is 5.91 Å². The molecule has 0 saturated carbocycles. The zero-order chi connectivity index (χ0) is 14.5. The molecule has 1 saturated heterocycles. The SMILES string of the molecule is CC1CNCC(NC(=O)c2ccccc2OC(F)F)C1. The Hall–Kier alpha value is -1.69. The van der Waals surface area contributed by atoms with E-state index >= 15 is 0 Å². The van der Waals surface area contributed by atoms with Crippen molar-refractivity contribution in [3.8, 4) is 5.75 Å². The molecule has 1 heterocycles. The molecular formula is C14H18F2N2O2. The molecule has 4 nitrogen and oxygen atoms in total. The van der Waals surface area contributed by atoms with Crippen LogP contribution in [0.2, 0.25) is 0 Å². The number of nitrogens with one attached hydrogen (secondary N) is 2. The fourth-order valence-corrected chi connectivity index (χ4v) is 2.38. The second kappa shape index (κ2) is 6.65. The molecule has 2 atom stereocenters. The van der Waals surface area contributed by atoms with Crippen molar-refractivity contribution in [1.82, 2.24) is 10.6 Å². The molecule has 1 fully saturated rings. The lowest BCUT2D eigenvalue weighted by Crippen LogP contribution is -2.48. The number of rotatable bonds is 4. The summed E-state index contributed by atoms with van der Waals surface area (Å²) in [4.78, 5) is 12.2. The van der Waals surface area contributed by atoms with Crippen LogP contribution in [-0.4, -0.2) is 31.7 Å². The molecule has 1 aromatic carbocycles. The van der Waals surface area contributed by atoms with E-state index in [1.165, 1.54) is 12.1 Å². The third-order valence-corrected chi connectivity index (χ3v) is 3.25. The van der Waals surface area contributed by atoms with Gasteiger partial charge in [0.2, 0.25) is 0 Å². The van der Waals surface area contributed by atoms with Crippen LogP contribution in [-0.2, 0) is 0 Å². The van der Waals surface area contributed by atoms with Crippen LogP contribution in [0.25, 0.3) is 0 Å². The number of amides is 1. The molecule has 1 aromatic rings. The van der Waals surface area contributed by atoms with Crippen molar-refractivity contribution in [3.63, 3.8) is 0 Å². The average Bonchev–Trinajstić information content (AvgIpc) is 2.38. The summed E-state index contributed by atoms with van der Waals surface area (Å²) in [6, 6.07) is 6.02. The molecule has 2 unspecified atom stereocenters. The zero-order valence-electron chi connectivity index (χ0n) is 11.2. The van der Waals surface area contributed by atoms with Gasteiger partial charge < -0.3 is 15.4 Å². The van der Waals surface area contributed by atoms with Crippen LogP contribution in [0.15, 0.2) is 24.3 Å². The molecule has 1 amide bonds. The molecule has 0 spiro atoms. The molecule has 0 aromatic heterocycles. The summed E-state index contributed by atoms with van der Waals surface area (Å²) in [7, 11) is 0. The van der Waals surface area contributed by atoms with Crippen molar-refractivity contribution < 1.29 is 18.3 Å². The minimum absolute atomic E-state index is 0.00542. The third kappa shape index (κ3) is 3.90. The molecule has 110 valence electrons. The number of ether oxygens (including phenoxy) is 1. The smallest absolute Gasteiger partial charge is 0.387 e. The van der Waals surface area contributed by atoms with Gasteiger partial charge in [0, 0.05) is 12.6 Å². The van der Waals surface area contributed by atoms with Crippen LogP contribution in [0.4, 0.5) is 8.78 Å². The molecule has 20 heavy (non-hydrogen) atoms. The quantitative estimate of drug-likeness (QED) is 0.889. The van der Waals surface area contributed by atoms with E-state index in [4.69, 9.17) is 0 Å². The number of hydrogen-bond donors (Lipinski definition) is 2. The first kappa shape index (κ1) is 14.7. The summed E-state index contributed by atoms with van der Waals surface area (Å²) in [5.74, 6) is -0.0134. The second-order valence-electron chi connectivity index (χ2n) is 5.04. The van der Waals surface area contributed by atoms with Gasteiger partial charge in [0.1, 0.15) is 5.75 Å². The van der Waals surface area contributed by atoms with Gasteiger partial charge >= 0.3 is 6.61 Å². The Bertz CT molecular complexity index is 468. The Balaban J connectivity index is 2.05. The minimum atomic E-state index is -2.94. The highest BCUT2D eigenvalue weighted by molar-refractivity contribution is 5.97. The van der Waals surface area contributed by atoms with Crippen molar-refractivity contribution in [3.05, 3.63) is 29.8 Å². The molecule has 0 radical (unpaired) electrons. The lowest BCUT2D eigenvalue weighted by molar-refractivity contribution is -0.0501. The Morgan fingerprint density at radius 3 is 2.85 bits per heavy atom. The highest BCUT2D eigenvalue weighted by Gasteiger charge is 2.22. The van der Waals surface area contributed by atoms with E-state index in [2.05, 4.69) is 22.3 Å². The van der Waals surface area contributed by atoms with Crippen LogP contribution in [0.1, 0.15) is 23.7 Å². The highest BCUT2D eigenvalue weighted by atomic mass is 19.3. The highest BCUT2D eigenvalue weighted by Crippen LogP contribution is 2.20. The number of benzene rings is 1. The maximum atomic E-state index is 12.3. The van der Waals surface area contributed by atoms with Gasteiger partial charge in [-0.05, 0) is 31.0 Å². The van der Waals surface area contributed by atoms with Crippen molar-refractivity contribution in [1.29, 1.82) is 0 Å². The topological polar surface area (TPSA) is 50.4 Å². The van der Waals surface area contributed by atoms with Gasteiger partial charge in [0.15, 0.2) is 0 Å². The van der Waals surface area contributed by atoms with E-state index in [0.29, 0.717) is 12.5 Å². The lowest BCUT2D eigenvalue weighted by atomic mass is 9.97. The van der Waals surface area contributed by atoms with Gasteiger partial charge in [0.05, 0.1) is 5.56 Å². The first-order valence-electron chi connectivity index (χ1n) is 6.61. The molecule has 0 bridgehead atoms. The van der Waals surface area contributed by atoms with Crippen LogP contribution >= 0.6 is 0 Å². The Morgan fingerprint density at radius 2 is 2.15 bits per heavy atom. The van der Waals surface area contributed by atoms with E-state index in [-0.39, 0.29) is 23.3 Å². The van der Waals surface area contributed by atoms with Crippen LogP contribution in [0.5, 0.6) is 5.75 Å². The van der Waals surface area contributed by atoms with Crippen LogP contribution in [0, 0.1) is 5.92 Å². The van der Waals surface area contributed by atoms with E-state index in [1.807, 2.05) is 0 Å². The fourth-order valence-electron chi connectivity index (χ4n) is 2.38. The summed E-state index contributed by atoms with van der Waals surface area (Å²) < 4.78 is 29.0. The molecule has 0 aliphatic carbocycles. The van der Waals surface area contributed by atoms with E-state index in [0.717, 1.165) is 13.0 Å². The van der Waals surface area contributed by atoms with Crippen molar-refractivity contribution in [2.45, 2.75) is 26.0 Å². The van der Waals surface area contributed by atoms with Crippen molar-refractivity contribution in [2.75, 3.05) is 13.1 Å². The number of hydrogen-bond acceptors (Lipinski definition) is 3. The average molecular weight is 284 g/mol. The van der Waals surface area contributed by atoms with Crippen LogP contribution in [0.3, 0.4) is 0 Å². The minimum Gasteiger partial charge on any atom is -0.434 e. The zero-order valence-corrected chi connectivity index (χ0v) is 11.2. The number of alkyl halides is 2. The predicted molar refractivity (Wildman–Crippen MR) is 71.0 cm³/mol. The number of para-hydroxylation sites is 1. The largest absolute Gasteiger partial charge is 0.434 e. The van der Waals surface area contributed by atoms with Gasteiger partial charge in [-0.2, -0.15) is 8.78 Å². The van der Waals surface area contributed by atoms with E-state index in [1.54, 1.807) is 12.1 Å². The first-order chi connectivity index (χ1) is 9.56. The predicted octanol–water partition coefficient (Wildman–Crippen LogP) is 2.02. The fraction of sp³-hybridized carbons (Fsp3) is 0.500. The molecule has 6 heteroatoms. The monoisotopic (exact) mass is 284 g/mol. The summed E-state index contributed by atoms with van der Waals surface area (Å²) >= 11 is 0. The number of carbonyl (C=O) groups excluding carboxylic acids is 1. The second-order valence-corrected chi connectivity index (χ2v) is 5.04. The number of piperidine rings is 1. The summed E-state index contributed by atoms with van der Waals surface area (Å²) in [6.07, 6.45) is 0.872. The number of carbonyl (C=O) groups is 1. The van der Waals surface area contributed by atoms with Gasteiger partial charge in [-0.15, -0.1) is 0 Å². The maximum Gasteiger partial charge on any atom is 0.387 e. The normalized spacial score (nSPS) is 22.6. The molecule has 2 N–H and O–H groups in total. The van der Waals surface area contributed by atoms with Gasteiger partial charge in [-0.1, -0.05) is 19.1 Å². The Morgan fingerprint density at radius 1 is 1.40 bits per heavy atom. The summed E-state index contributed by atoms with van der Waals surface area (Å²) in [5, 5.41) is 6.08. The van der Waals surface area contributed by atoms with Crippen LogP contribution < -0.4 is 15.4 Å². The lowest BCUT2D eigenvalue weighted by Gasteiger charge is -2.28.